The Morgan fingerprint density at radius 3 is 2.07 bits per heavy atom. The zero-order chi connectivity index (χ0) is 19.2. The molecule has 0 aromatic rings. The van der Waals surface area contributed by atoms with Crippen LogP contribution >= 0.6 is 0 Å². The summed E-state index contributed by atoms with van der Waals surface area (Å²) in [6, 6.07) is -0.0626. The van der Waals surface area contributed by atoms with E-state index < -0.39 is 0 Å². The van der Waals surface area contributed by atoms with Crippen molar-refractivity contribution in [3.8, 4) is 0 Å². The Morgan fingerprint density at radius 1 is 0.741 bits per heavy atom. The van der Waals surface area contributed by atoms with E-state index >= 15 is 0 Å². The molecule has 0 N–H and O–H groups in total. The van der Waals surface area contributed by atoms with E-state index in [2.05, 4.69) is 28.5 Å². The molecular formula is C20H37N5O2. The van der Waals surface area contributed by atoms with Crippen molar-refractivity contribution in [2.24, 2.45) is 0 Å². The molecular weight excluding hydrogens is 342 g/mol. The number of likely N-dealkylation sites (N-methyl/N-ethyl adjacent to an activating group) is 1. The Kier molecular flexibility index (Phi) is 7.49. The lowest BCUT2D eigenvalue weighted by Gasteiger charge is -2.37. The number of rotatable bonds is 5. The van der Waals surface area contributed by atoms with Crippen LogP contribution in [0.4, 0.5) is 0 Å². The summed E-state index contributed by atoms with van der Waals surface area (Å²) in [5, 5.41) is 0. The number of carbonyl (C=O) groups is 2. The molecule has 3 aliphatic heterocycles. The number of piperazine rings is 1. The molecule has 7 heteroatoms. The van der Waals surface area contributed by atoms with Gasteiger partial charge in [-0.25, -0.2) is 0 Å². The molecule has 0 spiro atoms. The number of nitrogens with zero attached hydrogens (tertiary/aromatic N) is 5. The van der Waals surface area contributed by atoms with Gasteiger partial charge < -0.3 is 14.7 Å². The molecule has 3 aliphatic rings. The maximum atomic E-state index is 12.9. The predicted molar refractivity (Wildman–Crippen MR) is 107 cm³/mol. The van der Waals surface area contributed by atoms with E-state index in [4.69, 9.17) is 0 Å². The number of hydrogen-bond donors (Lipinski definition) is 0. The van der Waals surface area contributed by atoms with Gasteiger partial charge in [0.25, 0.3) is 0 Å². The molecule has 0 aromatic carbocycles. The van der Waals surface area contributed by atoms with Crippen molar-refractivity contribution in [1.82, 2.24) is 24.5 Å². The summed E-state index contributed by atoms with van der Waals surface area (Å²) in [4.78, 5) is 36.4. The highest BCUT2D eigenvalue weighted by atomic mass is 16.2. The largest absolute Gasteiger partial charge is 0.342 e. The minimum absolute atomic E-state index is 0.0626. The lowest BCUT2D eigenvalue weighted by atomic mass is 10.2. The predicted octanol–water partition coefficient (Wildman–Crippen LogP) is 0.169. The average Bonchev–Trinajstić information content (AvgIpc) is 3.14. The van der Waals surface area contributed by atoms with Crippen LogP contribution < -0.4 is 0 Å². The molecule has 0 radical (unpaired) electrons. The fourth-order valence-electron chi connectivity index (χ4n) is 4.50. The van der Waals surface area contributed by atoms with Gasteiger partial charge in [0, 0.05) is 58.9 Å². The van der Waals surface area contributed by atoms with Gasteiger partial charge in [0.15, 0.2) is 0 Å². The highest BCUT2D eigenvalue weighted by Gasteiger charge is 2.30. The molecule has 2 amide bonds. The van der Waals surface area contributed by atoms with E-state index in [9.17, 15) is 9.59 Å². The second kappa shape index (κ2) is 9.85. The van der Waals surface area contributed by atoms with Gasteiger partial charge in [-0.05, 0) is 39.3 Å². The van der Waals surface area contributed by atoms with E-state index in [1.54, 1.807) is 0 Å². The van der Waals surface area contributed by atoms with Crippen molar-refractivity contribution in [3.63, 3.8) is 0 Å². The van der Waals surface area contributed by atoms with Crippen LogP contribution in [-0.4, -0.2) is 121 Å². The highest BCUT2D eigenvalue weighted by Crippen LogP contribution is 2.13. The van der Waals surface area contributed by atoms with Gasteiger partial charge in [0.2, 0.25) is 11.8 Å². The smallest absolute Gasteiger partial charge is 0.239 e. The third kappa shape index (κ3) is 5.42. The van der Waals surface area contributed by atoms with E-state index in [0.29, 0.717) is 6.54 Å². The standard InChI is InChI=1S/C20H37N5O2/c1-3-21-11-15-25(16-12-21)20(27)18(2)23-10-6-7-22(13-14-23)17-19(26)24-8-4-5-9-24/h18H,3-17H2,1-2H3. The summed E-state index contributed by atoms with van der Waals surface area (Å²) in [5.41, 5.74) is 0. The summed E-state index contributed by atoms with van der Waals surface area (Å²) in [6.07, 6.45) is 3.31. The third-order valence-electron chi connectivity index (χ3n) is 6.48. The fraction of sp³-hybridized carbons (Fsp3) is 0.900. The quantitative estimate of drug-likeness (QED) is 0.682. The van der Waals surface area contributed by atoms with E-state index in [1.165, 1.54) is 0 Å². The highest BCUT2D eigenvalue weighted by molar-refractivity contribution is 5.81. The van der Waals surface area contributed by atoms with Crippen LogP contribution in [0.5, 0.6) is 0 Å². The first-order valence-electron chi connectivity index (χ1n) is 10.8. The molecule has 1 atom stereocenters. The van der Waals surface area contributed by atoms with Crippen LogP contribution in [-0.2, 0) is 9.59 Å². The van der Waals surface area contributed by atoms with E-state index in [-0.39, 0.29) is 17.9 Å². The first kappa shape index (κ1) is 20.6. The zero-order valence-corrected chi connectivity index (χ0v) is 17.2. The van der Waals surface area contributed by atoms with Gasteiger partial charge in [0.1, 0.15) is 0 Å². The Bertz CT molecular complexity index is 501. The average molecular weight is 380 g/mol. The molecule has 3 saturated heterocycles. The second-order valence-corrected chi connectivity index (χ2v) is 8.19. The molecule has 0 aliphatic carbocycles. The number of carbonyl (C=O) groups excluding carboxylic acids is 2. The first-order valence-corrected chi connectivity index (χ1v) is 10.8. The normalized spacial score (nSPS) is 24.8. The molecule has 154 valence electrons. The number of likely N-dealkylation sites (tertiary alicyclic amines) is 1. The Morgan fingerprint density at radius 2 is 1.41 bits per heavy atom. The molecule has 3 heterocycles. The van der Waals surface area contributed by atoms with Gasteiger partial charge in [-0.2, -0.15) is 0 Å². The lowest BCUT2D eigenvalue weighted by Crippen LogP contribution is -2.54. The minimum atomic E-state index is -0.0626. The molecule has 0 saturated carbocycles. The number of hydrogen-bond acceptors (Lipinski definition) is 5. The van der Waals surface area contributed by atoms with Gasteiger partial charge in [-0.3, -0.25) is 19.4 Å². The maximum Gasteiger partial charge on any atom is 0.239 e. The van der Waals surface area contributed by atoms with E-state index in [0.717, 1.165) is 91.3 Å². The third-order valence-corrected chi connectivity index (χ3v) is 6.48. The Balaban J connectivity index is 1.45. The molecule has 1 unspecified atom stereocenters. The number of amides is 2. The topological polar surface area (TPSA) is 50.3 Å². The fourth-order valence-corrected chi connectivity index (χ4v) is 4.50. The lowest BCUT2D eigenvalue weighted by molar-refractivity contribution is -0.138. The van der Waals surface area contributed by atoms with Gasteiger partial charge >= 0.3 is 0 Å². The zero-order valence-electron chi connectivity index (χ0n) is 17.2. The second-order valence-electron chi connectivity index (χ2n) is 8.19. The van der Waals surface area contributed by atoms with Crippen molar-refractivity contribution in [3.05, 3.63) is 0 Å². The first-order chi connectivity index (χ1) is 13.1. The van der Waals surface area contributed by atoms with Crippen LogP contribution in [0.1, 0.15) is 33.1 Å². The Labute approximate surface area is 164 Å². The molecule has 27 heavy (non-hydrogen) atoms. The summed E-state index contributed by atoms with van der Waals surface area (Å²) in [5.74, 6) is 0.547. The molecule has 3 rings (SSSR count). The van der Waals surface area contributed by atoms with Gasteiger partial charge in [-0.1, -0.05) is 6.92 Å². The van der Waals surface area contributed by atoms with Crippen molar-refractivity contribution in [2.45, 2.75) is 39.2 Å². The Hall–Kier alpha value is -1.18. The molecule has 7 nitrogen and oxygen atoms in total. The van der Waals surface area contributed by atoms with Crippen LogP contribution in [0, 0.1) is 0 Å². The summed E-state index contributed by atoms with van der Waals surface area (Å²) >= 11 is 0. The summed E-state index contributed by atoms with van der Waals surface area (Å²) in [7, 11) is 0. The van der Waals surface area contributed by atoms with Crippen LogP contribution in [0.3, 0.4) is 0 Å². The summed E-state index contributed by atoms with van der Waals surface area (Å²) in [6.45, 7) is 15.0. The maximum absolute atomic E-state index is 12.9. The van der Waals surface area contributed by atoms with Crippen molar-refractivity contribution in [2.75, 3.05) is 78.5 Å². The monoisotopic (exact) mass is 379 g/mol. The molecule has 0 bridgehead atoms. The van der Waals surface area contributed by atoms with Crippen molar-refractivity contribution in [1.29, 1.82) is 0 Å². The summed E-state index contributed by atoms with van der Waals surface area (Å²) < 4.78 is 0. The van der Waals surface area contributed by atoms with Crippen LogP contribution in [0.25, 0.3) is 0 Å². The molecule has 3 fully saturated rings. The SMILES string of the molecule is CCN1CCN(C(=O)C(C)N2CCCN(CC(=O)N3CCCC3)CC2)CC1. The van der Waals surface area contributed by atoms with Crippen LogP contribution in [0.15, 0.2) is 0 Å². The van der Waals surface area contributed by atoms with Crippen molar-refractivity contribution < 1.29 is 9.59 Å². The van der Waals surface area contributed by atoms with Crippen LogP contribution in [0.2, 0.25) is 0 Å². The van der Waals surface area contributed by atoms with E-state index in [1.807, 2.05) is 9.80 Å². The minimum Gasteiger partial charge on any atom is -0.342 e. The molecule has 0 aromatic heterocycles. The van der Waals surface area contributed by atoms with Gasteiger partial charge in [-0.15, -0.1) is 0 Å². The van der Waals surface area contributed by atoms with Crippen molar-refractivity contribution >= 4 is 11.8 Å². The van der Waals surface area contributed by atoms with Gasteiger partial charge in [0.05, 0.1) is 12.6 Å².